The number of para-hydroxylation sites is 1. The molecule has 0 atom stereocenters. The van der Waals surface area contributed by atoms with Gasteiger partial charge in [-0.3, -0.25) is 0 Å². The molecule has 0 saturated heterocycles. The number of hydrogen-bond donors (Lipinski definition) is 0. The van der Waals surface area contributed by atoms with Crippen molar-refractivity contribution >= 4 is 27.8 Å². The first kappa shape index (κ1) is 13.9. The minimum Gasteiger partial charge on any atom is -0.358 e. The maximum Gasteiger partial charge on any atom is 0.157 e. The van der Waals surface area contributed by atoms with Gasteiger partial charge in [0, 0.05) is 25.5 Å². The van der Waals surface area contributed by atoms with Crippen molar-refractivity contribution in [3.63, 3.8) is 0 Å². The van der Waals surface area contributed by atoms with E-state index in [4.69, 9.17) is 4.98 Å². The lowest BCUT2D eigenvalue weighted by atomic mass is 10.1. The number of fused-ring (bicyclic) bond motifs is 3. The molecule has 0 aliphatic carbocycles. The van der Waals surface area contributed by atoms with Crippen molar-refractivity contribution < 1.29 is 0 Å². The lowest BCUT2D eigenvalue weighted by Gasteiger charge is -2.17. The zero-order chi connectivity index (χ0) is 15.0. The maximum atomic E-state index is 4.82. The maximum absolute atomic E-state index is 4.82. The molecule has 21 heavy (non-hydrogen) atoms. The summed E-state index contributed by atoms with van der Waals surface area (Å²) < 4.78 is 2.26. The molecule has 0 unspecified atom stereocenters. The van der Waals surface area contributed by atoms with Gasteiger partial charge in [0.2, 0.25) is 0 Å². The first-order valence-corrected chi connectivity index (χ1v) is 7.56. The van der Waals surface area contributed by atoms with E-state index < -0.39 is 0 Å². The number of anilines is 1. The van der Waals surface area contributed by atoms with Crippen molar-refractivity contribution in [1.82, 2.24) is 14.5 Å². The Morgan fingerprint density at radius 1 is 1.24 bits per heavy atom. The molecule has 3 aromatic rings. The highest BCUT2D eigenvalue weighted by Gasteiger charge is 2.16. The van der Waals surface area contributed by atoms with Gasteiger partial charge in [0.15, 0.2) is 5.82 Å². The van der Waals surface area contributed by atoms with Crippen LogP contribution in [0.4, 0.5) is 5.82 Å². The van der Waals surface area contributed by atoms with Crippen LogP contribution in [0.2, 0.25) is 0 Å². The largest absolute Gasteiger partial charge is 0.358 e. The fourth-order valence-electron chi connectivity index (χ4n) is 2.71. The van der Waals surface area contributed by atoms with Crippen LogP contribution in [0.1, 0.15) is 20.8 Å². The molecular formula is C17H22N4. The minimum atomic E-state index is 0.585. The molecule has 4 heteroatoms. The normalized spacial score (nSPS) is 11.7. The highest BCUT2D eigenvalue weighted by Crippen LogP contribution is 2.30. The van der Waals surface area contributed by atoms with E-state index >= 15 is 0 Å². The second-order valence-electron chi connectivity index (χ2n) is 5.95. The van der Waals surface area contributed by atoms with Crippen molar-refractivity contribution in [2.45, 2.75) is 27.3 Å². The Labute approximate surface area is 125 Å². The Kier molecular flexibility index (Phi) is 3.53. The van der Waals surface area contributed by atoms with Crippen LogP contribution in [-0.2, 0) is 6.54 Å². The molecule has 110 valence electrons. The molecule has 0 spiro atoms. The number of pyridine rings is 1. The molecule has 0 amide bonds. The van der Waals surface area contributed by atoms with Crippen LogP contribution in [0.3, 0.4) is 0 Å². The van der Waals surface area contributed by atoms with Crippen LogP contribution >= 0.6 is 0 Å². The summed E-state index contributed by atoms with van der Waals surface area (Å²) in [6, 6.07) is 8.33. The van der Waals surface area contributed by atoms with Crippen LogP contribution < -0.4 is 4.90 Å². The minimum absolute atomic E-state index is 0.585. The van der Waals surface area contributed by atoms with Gasteiger partial charge in [-0.15, -0.1) is 0 Å². The highest BCUT2D eigenvalue weighted by atomic mass is 15.2. The summed E-state index contributed by atoms with van der Waals surface area (Å²) in [5, 5.41) is 1.18. The van der Waals surface area contributed by atoms with E-state index in [0.29, 0.717) is 5.92 Å². The summed E-state index contributed by atoms with van der Waals surface area (Å²) in [5.41, 5.74) is 3.23. The van der Waals surface area contributed by atoms with E-state index in [1.807, 2.05) is 12.4 Å². The zero-order valence-electron chi connectivity index (χ0n) is 13.2. The number of imidazole rings is 1. The first-order chi connectivity index (χ1) is 10.1. The van der Waals surface area contributed by atoms with Crippen LogP contribution in [0.5, 0.6) is 0 Å². The quantitative estimate of drug-likeness (QED) is 0.731. The van der Waals surface area contributed by atoms with Crippen molar-refractivity contribution in [1.29, 1.82) is 0 Å². The van der Waals surface area contributed by atoms with Gasteiger partial charge >= 0.3 is 0 Å². The van der Waals surface area contributed by atoms with Crippen molar-refractivity contribution in [3.8, 4) is 0 Å². The Balaban J connectivity index is 2.36. The van der Waals surface area contributed by atoms with E-state index in [2.05, 4.69) is 60.5 Å². The topological polar surface area (TPSA) is 34.0 Å². The molecular weight excluding hydrogens is 260 g/mol. The lowest BCUT2D eigenvalue weighted by Crippen LogP contribution is -2.17. The summed E-state index contributed by atoms with van der Waals surface area (Å²) in [6.07, 6.45) is 1.95. The van der Waals surface area contributed by atoms with Gasteiger partial charge in [0.25, 0.3) is 0 Å². The number of hydrogen-bond acceptors (Lipinski definition) is 3. The molecule has 0 saturated carbocycles. The van der Waals surface area contributed by atoms with Gasteiger partial charge in [-0.1, -0.05) is 32.0 Å². The Morgan fingerprint density at radius 2 is 2.00 bits per heavy atom. The molecule has 2 heterocycles. The Hall–Kier alpha value is -2.10. The third kappa shape index (κ3) is 2.35. The van der Waals surface area contributed by atoms with Crippen LogP contribution in [0.25, 0.3) is 21.9 Å². The number of benzene rings is 1. The second kappa shape index (κ2) is 5.35. The number of rotatable bonds is 4. The van der Waals surface area contributed by atoms with Gasteiger partial charge in [-0.25, -0.2) is 9.97 Å². The molecule has 3 rings (SSSR count). The van der Waals surface area contributed by atoms with Gasteiger partial charge in [0.05, 0.1) is 17.4 Å². The molecule has 0 N–H and O–H groups in total. The van der Waals surface area contributed by atoms with Gasteiger partial charge in [-0.2, -0.15) is 0 Å². The van der Waals surface area contributed by atoms with E-state index in [9.17, 15) is 0 Å². The number of nitrogens with zero attached hydrogens (tertiary/aromatic N) is 4. The molecule has 2 aromatic heterocycles. The van der Waals surface area contributed by atoms with Gasteiger partial charge in [-0.05, 0) is 18.9 Å². The molecule has 4 nitrogen and oxygen atoms in total. The second-order valence-corrected chi connectivity index (χ2v) is 5.95. The number of aromatic nitrogens is 3. The Morgan fingerprint density at radius 3 is 2.71 bits per heavy atom. The Bertz CT molecular complexity index is 773. The highest BCUT2D eigenvalue weighted by molar-refractivity contribution is 6.06. The molecule has 0 fully saturated rings. The first-order valence-electron chi connectivity index (χ1n) is 7.56. The molecule has 0 bridgehead atoms. The zero-order valence-corrected chi connectivity index (χ0v) is 13.2. The predicted octanol–water partition coefficient (Wildman–Crippen LogP) is 3.70. The standard InChI is InChI=1S/C17H22N4/c1-5-20(4)17-15-16(21(11-18-15)10-12(2)3)13-8-6-7-9-14(13)19-17/h6-9,11-12H,5,10H2,1-4H3. The fraction of sp³-hybridized carbons (Fsp3) is 0.412. The summed E-state index contributed by atoms with van der Waals surface area (Å²) in [5.74, 6) is 1.55. The van der Waals surface area contributed by atoms with Crippen LogP contribution in [0, 0.1) is 5.92 Å². The summed E-state index contributed by atoms with van der Waals surface area (Å²) >= 11 is 0. The average Bonchev–Trinajstić information content (AvgIpc) is 2.89. The van der Waals surface area contributed by atoms with E-state index in [1.165, 1.54) is 10.9 Å². The molecule has 0 aliphatic heterocycles. The van der Waals surface area contributed by atoms with Crippen molar-refractivity contribution in [2.24, 2.45) is 5.92 Å². The molecule has 1 aromatic carbocycles. The summed E-state index contributed by atoms with van der Waals surface area (Å²) in [6.45, 7) is 8.48. The fourth-order valence-corrected chi connectivity index (χ4v) is 2.71. The van der Waals surface area contributed by atoms with Crippen LogP contribution in [-0.4, -0.2) is 28.1 Å². The van der Waals surface area contributed by atoms with Crippen LogP contribution in [0.15, 0.2) is 30.6 Å². The van der Waals surface area contributed by atoms with Gasteiger partial charge in [0.1, 0.15) is 5.52 Å². The average molecular weight is 282 g/mol. The molecule has 0 radical (unpaired) electrons. The smallest absolute Gasteiger partial charge is 0.157 e. The monoisotopic (exact) mass is 282 g/mol. The SMILES string of the molecule is CCN(C)c1nc2ccccc2c2c1ncn2CC(C)C. The third-order valence-corrected chi connectivity index (χ3v) is 3.83. The third-order valence-electron chi connectivity index (χ3n) is 3.83. The predicted molar refractivity (Wildman–Crippen MR) is 88.8 cm³/mol. The van der Waals surface area contributed by atoms with Crippen molar-refractivity contribution in [2.75, 3.05) is 18.5 Å². The summed E-state index contributed by atoms with van der Waals surface area (Å²) in [7, 11) is 2.07. The van der Waals surface area contributed by atoms with E-state index in [0.717, 1.165) is 29.9 Å². The van der Waals surface area contributed by atoms with E-state index in [1.54, 1.807) is 0 Å². The summed E-state index contributed by atoms with van der Waals surface area (Å²) in [4.78, 5) is 11.6. The lowest BCUT2D eigenvalue weighted by molar-refractivity contribution is 0.533. The van der Waals surface area contributed by atoms with E-state index in [-0.39, 0.29) is 0 Å². The molecule has 0 aliphatic rings. The van der Waals surface area contributed by atoms with Gasteiger partial charge < -0.3 is 9.47 Å². The van der Waals surface area contributed by atoms with Crippen molar-refractivity contribution in [3.05, 3.63) is 30.6 Å².